The number of nitrogens with zero attached hydrogens (tertiary/aromatic N) is 3. The van der Waals surface area contributed by atoms with Crippen molar-refractivity contribution in [3.8, 4) is 5.69 Å². The lowest BCUT2D eigenvalue weighted by molar-refractivity contribution is 0.576. The third-order valence-corrected chi connectivity index (χ3v) is 2.71. The quantitative estimate of drug-likeness (QED) is 0.849. The van der Waals surface area contributed by atoms with Gasteiger partial charge in [0.05, 0.1) is 5.69 Å². The average Bonchev–Trinajstić information content (AvgIpc) is 2.85. The van der Waals surface area contributed by atoms with Gasteiger partial charge in [0.2, 0.25) is 0 Å². The molecule has 0 bridgehead atoms. The van der Waals surface area contributed by atoms with E-state index in [0.29, 0.717) is 6.04 Å². The fraction of sp³-hybridized carbons (Fsp3) is 0.333. The van der Waals surface area contributed by atoms with Crippen LogP contribution >= 0.6 is 0 Å². The average molecular weight is 216 g/mol. The fourth-order valence-corrected chi connectivity index (χ4v) is 1.83. The van der Waals surface area contributed by atoms with Crippen LogP contribution in [0.25, 0.3) is 5.69 Å². The van der Waals surface area contributed by atoms with E-state index >= 15 is 0 Å². The van der Waals surface area contributed by atoms with Crippen LogP contribution in [0.4, 0.5) is 0 Å². The van der Waals surface area contributed by atoms with Gasteiger partial charge in [0, 0.05) is 6.04 Å². The Labute approximate surface area is 95.3 Å². The van der Waals surface area contributed by atoms with Crippen LogP contribution in [0, 0.1) is 0 Å². The van der Waals surface area contributed by atoms with E-state index in [4.69, 9.17) is 0 Å². The number of aromatic nitrogens is 3. The predicted molar refractivity (Wildman–Crippen MR) is 63.5 cm³/mol. The van der Waals surface area contributed by atoms with Gasteiger partial charge in [0.15, 0.2) is 0 Å². The minimum Gasteiger partial charge on any atom is -0.313 e. The molecule has 0 radical (unpaired) electrons. The highest BCUT2D eigenvalue weighted by Gasteiger charge is 2.07. The Hall–Kier alpha value is -1.68. The summed E-state index contributed by atoms with van der Waals surface area (Å²) in [7, 11) is 1.98. The van der Waals surface area contributed by atoms with Crippen LogP contribution in [0.2, 0.25) is 0 Å². The summed E-state index contributed by atoms with van der Waals surface area (Å²) >= 11 is 0. The van der Waals surface area contributed by atoms with Crippen molar-refractivity contribution in [1.29, 1.82) is 0 Å². The second-order valence-electron chi connectivity index (χ2n) is 3.68. The Balaban J connectivity index is 2.33. The van der Waals surface area contributed by atoms with E-state index < -0.39 is 0 Å². The molecule has 0 saturated heterocycles. The molecule has 0 fully saturated rings. The first-order chi connectivity index (χ1) is 7.85. The SMILES string of the molecule is CCC(NC)c1cccc(-n2cncn2)c1. The highest BCUT2D eigenvalue weighted by atomic mass is 15.3. The summed E-state index contributed by atoms with van der Waals surface area (Å²) in [6.07, 6.45) is 4.32. The van der Waals surface area contributed by atoms with Gasteiger partial charge in [-0.1, -0.05) is 19.1 Å². The van der Waals surface area contributed by atoms with E-state index in [1.54, 1.807) is 17.3 Å². The summed E-state index contributed by atoms with van der Waals surface area (Å²) in [5.74, 6) is 0. The highest BCUT2D eigenvalue weighted by Crippen LogP contribution is 2.18. The molecule has 4 nitrogen and oxygen atoms in total. The van der Waals surface area contributed by atoms with Crippen molar-refractivity contribution in [2.75, 3.05) is 7.05 Å². The maximum absolute atomic E-state index is 4.12. The summed E-state index contributed by atoms with van der Waals surface area (Å²) in [5.41, 5.74) is 2.32. The minimum atomic E-state index is 0.392. The molecule has 1 aromatic heterocycles. The van der Waals surface area contributed by atoms with Gasteiger partial charge in [-0.2, -0.15) is 5.10 Å². The van der Waals surface area contributed by atoms with Gasteiger partial charge in [-0.15, -0.1) is 0 Å². The molecule has 0 saturated carbocycles. The van der Waals surface area contributed by atoms with Crippen LogP contribution < -0.4 is 5.32 Å². The smallest absolute Gasteiger partial charge is 0.138 e. The van der Waals surface area contributed by atoms with Crippen LogP contribution in [0.5, 0.6) is 0 Å². The lowest BCUT2D eigenvalue weighted by Crippen LogP contribution is -2.15. The molecule has 2 aromatic rings. The summed E-state index contributed by atoms with van der Waals surface area (Å²) < 4.78 is 1.77. The van der Waals surface area contributed by atoms with Gasteiger partial charge in [0.1, 0.15) is 12.7 Å². The third-order valence-electron chi connectivity index (χ3n) is 2.71. The number of hydrogen-bond donors (Lipinski definition) is 1. The Morgan fingerprint density at radius 2 is 2.31 bits per heavy atom. The first kappa shape index (κ1) is 10.8. The van der Waals surface area contributed by atoms with E-state index in [0.717, 1.165) is 12.1 Å². The normalized spacial score (nSPS) is 12.6. The summed E-state index contributed by atoms with van der Waals surface area (Å²) in [6, 6.07) is 8.74. The first-order valence-corrected chi connectivity index (χ1v) is 5.47. The fourth-order valence-electron chi connectivity index (χ4n) is 1.83. The maximum atomic E-state index is 4.12. The van der Waals surface area contributed by atoms with E-state index in [-0.39, 0.29) is 0 Å². The first-order valence-electron chi connectivity index (χ1n) is 5.47. The maximum Gasteiger partial charge on any atom is 0.138 e. The second kappa shape index (κ2) is 4.90. The molecule has 1 unspecified atom stereocenters. The molecule has 84 valence electrons. The molecule has 1 heterocycles. The molecule has 2 rings (SSSR count). The Kier molecular flexibility index (Phi) is 3.31. The van der Waals surface area contributed by atoms with Gasteiger partial charge in [-0.25, -0.2) is 9.67 Å². The van der Waals surface area contributed by atoms with Gasteiger partial charge in [0.25, 0.3) is 0 Å². The zero-order chi connectivity index (χ0) is 11.4. The minimum absolute atomic E-state index is 0.392. The largest absolute Gasteiger partial charge is 0.313 e. The Morgan fingerprint density at radius 3 is 2.94 bits per heavy atom. The monoisotopic (exact) mass is 216 g/mol. The van der Waals surface area contributed by atoms with Gasteiger partial charge < -0.3 is 5.32 Å². The molecule has 1 atom stereocenters. The van der Waals surface area contributed by atoms with Gasteiger partial charge >= 0.3 is 0 Å². The summed E-state index contributed by atoms with van der Waals surface area (Å²) in [4.78, 5) is 3.95. The van der Waals surface area contributed by atoms with E-state index in [9.17, 15) is 0 Å². The number of benzene rings is 1. The van der Waals surface area contributed by atoms with Crippen molar-refractivity contribution in [2.45, 2.75) is 19.4 Å². The van der Waals surface area contributed by atoms with E-state index in [2.05, 4.69) is 34.5 Å². The third kappa shape index (κ3) is 2.12. The van der Waals surface area contributed by atoms with Crippen molar-refractivity contribution in [3.05, 3.63) is 42.5 Å². The molecule has 0 aliphatic rings. The molecule has 0 aliphatic carbocycles. The number of rotatable bonds is 4. The Morgan fingerprint density at radius 1 is 1.44 bits per heavy atom. The van der Waals surface area contributed by atoms with Gasteiger partial charge in [-0.3, -0.25) is 0 Å². The van der Waals surface area contributed by atoms with Crippen molar-refractivity contribution < 1.29 is 0 Å². The van der Waals surface area contributed by atoms with Crippen LogP contribution in [0.1, 0.15) is 24.9 Å². The van der Waals surface area contributed by atoms with Crippen molar-refractivity contribution >= 4 is 0 Å². The molecule has 0 amide bonds. The number of nitrogens with one attached hydrogen (secondary N) is 1. The molecule has 0 aliphatic heterocycles. The van der Waals surface area contributed by atoms with Crippen LogP contribution in [0.15, 0.2) is 36.9 Å². The molecular formula is C12H16N4. The van der Waals surface area contributed by atoms with Crippen molar-refractivity contribution in [2.24, 2.45) is 0 Å². The van der Waals surface area contributed by atoms with Crippen LogP contribution in [-0.2, 0) is 0 Å². The molecular weight excluding hydrogens is 200 g/mol. The summed E-state index contributed by atoms with van der Waals surface area (Å²) in [6.45, 7) is 2.17. The van der Waals surface area contributed by atoms with Crippen LogP contribution in [0.3, 0.4) is 0 Å². The molecule has 1 N–H and O–H groups in total. The lowest BCUT2D eigenvalue weighted by Gasteiger charge is -2.15. The van der Waals surface area contributed by atoms with E-state index in [1.807, 2.05) is 19.2 Å². The number of hydrogen-bond acceptors (Lipinski definition) is 3. The molecule has 4 heteroatoms. The predicted octanol–water partition coefficient (Wildman–Crippen LogP) is 1.94. The molecule has 0 spiro atoms. The van der Waals surface area contributed by atoms with Crippen LogP contribution in [-0.4, -0.2) is 21.8 Å². The molecule has 1 aromatic carbocycles. The molecule has 16 heavy (non-hydrogen) atoms. The lowest BCUT2D eigenvalue weighted by atomic mass is 10.0. The zero-order valence-corrected chi connectivity index (χ0v) is 9.59. The topological polar surface area (TPSA) is 42.7 Å². The Bertz CT molecular complexity index is 432. The van der Waals surface area contributed by atoms with Crippen molar-refractivity contribution in [3.63, 3.8) is 0 Å². The van der Waals surface area contributed by atoms with Gasteiger partial charge in [-0.05, 0) is 31.2 Å². The second-order valence-corrected chi connectivity index (χ2v) is 3.68. The standard InChI is InChI=1S/C12H16N4/c1-3-12(13-2)10-5-4-6-11(7-10)16-9-14-8-15-16/h4-9,12-13H,3H2,1-2H3. The van der Waals surface area contributed by atoms with E-state index in [1.165, 1.54) is 5.56 Å². The summed E-state index contributed by atoms with van der Waals surface area (Å²) in [5, 5.41) is 7.42. The zero-order valence-electron chi connectivity index (χ0n) is 9.59. The van der Waals surface area contributed by atoms with Crippen molar-refractivity contribution in [1.82, 2.24) is 20.1 Å². The highest BCUT2D eigenvalue weighted by molar-refractivity contribution is 5.36.